The normalized spacial score (nSPS) is 10.5. The second-order valence-corrected chi connectivity index (χ2v) is 4.58. The van der Waals surface area contributed by atoms with Crippen LogP contribution in [0, 0.1) is 5.82 Å². The Kier molecular flexibility index (Phi) is 4.68. The van der Waals surface area contributed by atoms with Gasteiger partial charge in [-0.25, -0.2) is 14.4 Å². The Bertz CT molecular complexity index is 543. The Morgan fingerprint density at radius 3 is 2.63 bits per heavy atom. The van der Waals surface area contributed by atoms with Crippen LogP contribution in [0.2, 0.25) is 5.15 Å². The topological polar surface area (TPSA) is 37.8 Å². The number of hydrogen-bond donors (Lipinski definition) is 1. The van der Waals surface area contributed by atoms with Crippen LogP contribution in [0.1, 0.15) is 24.5 Å². The summed E-state index contributed by atoms with van der Waals surface area (Å²) in [5.41, 5.74) is 1.91. The Morgan fingerprint density at radius 1 is 1.21 bits per heavy atom. The first-order valence-corrected chi connectivity index (χ1v) is 6.56. The number of halogens is 2. The Morgan fingerprint density at radius 2 is 1.95 bits per heavy atom. The molecule has 0 saturated heterocycles. The van der Waals surface area contributed by atoms with Crippen LogP contribution in [-0.4, -0.2) is 9.97 Å². The van der Waals surface area contributed by atoms with Gasteiger partial charge in [-0.1, -0.05) is 37.1 Å². The number of hydrogen-bond acceptors (Lipinski definition) is 3. The van der Waals surface area contributed by atoms with Gasteiger partial charge >= 0.3 is 0 Å². The SMILES string of the molecule is CCCc1c(Cl)ncnc1NCc1ccc(F)cc1. The van der Waals surface area contributed by atoms with E-state index >= 15 is 0 Å². The highest BCUT2D eigenvalue weighted by Crippen LogP contribution is 2.21. The zero-order valence-electron chi connectivity index (χ0n) is 10.7. The van der Waals surface area contributed by atoms with Crippen molar-refractivity contribution >= 4 is 17.4 Å². The average Bonchev–Trinajstić information content (AvgIpc) is 2.41. The van der Waals surface area contributed by atoms with Crippen molar-refractivity contribution in [3.05, 3.63) is 52.7 Å². The van der Waals surface area contributed by atoms with E-state index in [0.717, 1.165) is 29.8 Å². The molecule has 0 spiro atoms. The standard InChI is InChI=1S/C14H15ClFN3/c1-2-3-12-13(15)18-9-19-14(12)17-8-10-4-6-11(16)7-5-10/h4-7,9H,2-3,8H2,1H3,(H,17,18,19). The summed E-state index contributed by atoms with van der Waals surface area (Å²) >= 11 is 6.07. The van der Waals surface area contributed by atoms with E-state index < -0.39 is 0 Å². The highest BCUT2D eigenvalue weighted by molar-refractivity contribution is 6.30. The fourth-order valence-corrected chi connectivity index (χ4v) is 2.03. The van der Waals surface area contributed by atoms with Crippen molar-refractivity contribution in [3.8, 4) is 0 Å². The molecule has 5 heteroatoms. The maximum absolute atomic E-state index is 12.8. The van der Waals surface area contributed by atoms with E-state index in [9.17, 15) is 4.39 Å². The average molecular weight is 280 g/mol. The van der Waals surface area contributed by atoms with Crippen molar-refractivity contribution in [3.63, 3.8) is 0 Å². The number of nitrogens with zero attached hydrogens (tertiary/aromatic N) is 2. The fraction of sp³-hybridized carbons (Fsp3) is 0.286. The number of anilines is 1. The molecule has 0 aliphatic carbocycles. The summed E-state index contributed by atoms with van der Waals surface area (Å²) in [6.45, 7) is 2.65. The van der Waals surface area contributed by atoms with Crippen LogP contribution in [0.5, 0.6) is 0 Å². The van der Waals surface area contributed by atoms with Crippen molar-refractivity contribution in [1.82, 2.24) is 9.97 Å². The smallest absolute Gasteiger partial charge is 0.137 e. The summed E-state index contributed by atoms with van der Waals surface area (Å²) in [6.07, 6.45) is 3.23. The lowest BCUT2D eigenvalue weighted by Gasteiger charge is -2.11. The van der Waals surface area contributed by atoms with Gasteiger partial charge in [0.15, 0.2) is 0 Å². The summed E-state index contributed by atoms with van der Waals surface area (Å²) in [7, 11) is 0. The molecule has 0 bridgehead atoms. The molecule has 0 saturated carbocycles. The molecule has 0 radical (unpaired) electrons. The van der Waals surface area contributed by atoms with Gasteiger partial charge in [-0.15, -0.1) is 0 Å². The van der Waals surface area contributed by atoms with Crippen LogP contribution in [0.4, 0.5) is 10.2 Å². The molecule has 19 heavy (non-hydrogen) atoms. The highest BCUT2D eigenvalue weighted by atomic mass is 35.5. The zero-order chi connectivity index (χ0) is 13.7. The molecular formula is C14H15ClFN3. The Labute approximate surface area is 116 Å². The van der Waals surface area contributed by atoms with Gasteiger partial charge in [-0.2, -0.15) is 0 Å². The lowest BCUT2D eigenvalue weighted by atomic mass is 10.1. The molecule has 0 aliphatic rings. The minimum Gasteiger partial charge on any atom is -0.366 e. The maximum Gasteiger partial charge on any atom is 0.137 e. The van der Waals surface area contributed by atoms with Crippen molar-refractivity contribution < 1.29 is 4.39 Å². The lowest BCUT2D eigenvalue weighted by molar-refractivity contribution is 0.627. The molecule has 0 amide bonds. The monoisotopic (exact) mass is 279 g/mol. The third-order valence-corrected chi connectivity index (χ3v) is 3.09. The predicted molar refractivity (Wildman–Crippen MR) is 74.8 cm³/mol. The first kappa shape index (κ1) is 13.7. The molecule has 1 aromatic heterocycles. The van der Waals surface area contributed by atoms with Crippen LogP contribution in [-0.2, 0) is 13.0 Å². The van der Waals surface area contributed by atoms with Gasteiger partial charge in [0.25, 0.3) is 0 Å². The molecule has 1 N–H and O–H groups in total. The minimum absolute atomic E-state index is 0.236. The molecular weight excluding hydrogens is 265 g/mol. The van der Waals surface area contributed by atoms with Crippen LogP contribution in [0.15, 0.2) is 30.6 Å². The predicted octanol–water partition coefficient (Wildman–Crippen LogP) is 3.83. The highest BCUT2D eigenvalue weighted by Gasteiger charge is 2.08. The summed E-state index contributed by atoms with van der Waals surface area (Å²) in [5.74, 6) is 0.506. The van der Waals surface area contributed by atoms with Gasteiger partial charge < -0.3 is 5.32 Å². The van der Waals surface area contributed by atoms with Gasteiger partial charge in [0.05, 0.1) is 0 Å². The van der Waals surface area contributed by atoms with Gasteiger partial charge in [0, 0.05) is 12.1 Å². The van der Waals surface area contributed by atoms with Gasteiger partial charge in [-0.3, -0.25) is 0 Å². The molecule has 2 rings (SSSR count). The van der Waals surface area contributed by atoms with Crippen molar-refractivity contribution in [2.45, 2.75) is 26.3 Å². The van der Waals surface area contributed by atoms with Crippen molar-refractivity contribution in [1.29, 1.82) is 0 Å². The summed E-state index contributed by atoms with van der Waals surface area (Å²) < 4.78 is 12.8. The summed E-state index contributed by atoms with van der Waals surface area (Å²) in [4.78, 5) is 8.20. The third kappa shape index (κ3) is 3.64. The second kappa shape index (κ2) is 6.48. The van der Waals surface area contributed by atoms with Crippen LogP contribution in [0.3, 0.4) is 0 Å². The molecule has 100 valence electrons. The molecule has 1 heterocycles. The van der Waals surface area contributed by atoms with Gasteiger partial charge in [0.2, 0.25) is 0 Å². The van der Waals surface area contributed by atoms with Gasteiger partial charge in [0.1, 0.15) is 23.1 Å². The molecule has 0 atom stereocenters. The molecule has 0 unspecified atom stereocenters. The molecule has 1 aromatic carbocycles. The second-order valence-electron chi connectivity index (χ2n) is 4.22. The Hall–Kier alpha value is -1.68. The maximum atomic E-state index is 12.8. The largest absolute Gasteiger partial charge is 0.366 e. The number of rotatable bonds is 5. The fourth-order valence-electron chi connectivity index (χ4n) is 1.80. The molecule has 3 nitrogen and oxygen atoms in total. The van der Waals surface area contributed by atoms with E-state index in [2.05, 4.69) is 22.2 Å². The van der Waals surface area contributed by atoms with Crippen LogP contribution < -0.4 is 5.32 Å². The quantitative estimate of drug-likeness (QED) is 0.845. The van der Waals surface area contributed by atoms with E-state index in [1.165, 1.54) is 18.5 Å². The van der Waals surface area contributed by atoms with E-state index in [1.807, 2.05) is 0 Å². The molecule has 0 aliphatic heterocycles. The van der Waals surface area contributed by atoms with E-state index in [-0.39, 0.29) is 5.82 Å². The number of aromatic nitrogens is 2. The third-order valence-electron chi connectivity index (χ3n) is 2.77. The van der Waals surface area contributed by atoms with E-state index in [4.69, 9.17) is 11.6 Å². The molecule has 2 aromatic rings. The number of nitrogens with one attached hydrogen (secondary N) is 1. The summed E-state index contributed by atoms with van der Waals surface area (Å²) in [5, 5.41) is 3.70. The summed E-state index contributed by atoms with van der Waals surface area (Å²) in [6, 6.07) is 6.36. The first-order valence-electron chi connectivity index (χ1n) is 6.18. The van der Waals surface area contributed by atoms with Crippen molar-refractivity contribution in [2.24, 2.45) is 0 Å². The minimum atomic E-state index is -0.236. The lowest BCUT2D eigenvalue weighted by Crippen LogP contribution is -2.06. The molecule has 0 fully saturated rings. The van der Waals surface area contributed by atoms with E-state index in [0.29, 0.717) is 11.7 Å². The first-order chi connectivity index (χ1) is 9.20. The van der Waals surface area contributed by atoms with Crippen molar-refractivity contribution in [2.75, 3.05) is 5.32 Å². The van der Waals surface area contributed by atoms with E-state index in [1.54, 1.807) is 12.1 Å². The van der Waals surface area contributed by atoms with Gasteiger partial charge in [-0.05, 0) is 24.1 Å². The zero-order valence-corrected chi connectivity index (χ0v) is 11.4. The number of benzene rings is 1. The van der Waals surface area contributed by atoms with Crippen LogP contribution in [0.25, 0.3) is 0 Å². The van der Waals surface area contributed by atoms with Crippen LogP contribution >= 0.6 is 11.6 Å². The Balaban J connectivity index is 2.10.